The van der Waals surface area contributed by atoms with Crippen LogP contribution in [0.15, 0.2) is 40.5 Å². The fourth-order valence-corrected chi connectivity index (χ4v) is 2.38. The number of hydrazine groups is 1. The second-order valence-electron chi connectivity index (χ2n) is 4.74. The van der Waals surface area contributed by atoms with Gasteiger partial charge in [0.05, 0.1) is 5.92 Å². The first-order valence-electron chi connectivity index (χ1n) is 6.42. The van der Waals surface area contributed by atoms with Crippen molar-refractivity contribution in [3.63, 3.8) is 0 Å². The van der Waals surface area contributed by atoms with Crippen LogP contribution in [0.4, 0.5) is 13.2 Å². The second kappa shape index (κ2) is 6.51. The molecule has 2 N–H and O–H groups in total. The summed E-state index contributed by atoms with van der Waals surface area (Å²) in [4.78, 5) is 23.2. The molecule has 0 heterocycles. The lowest BCUT2D eigenvalue weighted by Crippen LogP contribution is -2.41. The SMILES string of the molecule is O=C(NNC1=CCC[C@H]1C(=O)C(F)(F)F)c1ccc(Br)cc1. The molecule has 1 atom stereocenters. The minimum Gasteiger partial charge on any atom is -0.302 e. The molecule has 0 aliphatic heterocycles. The molecule has 0 unspecified atom stereocenters. The van der Waals surface area contributed by atoms with Gasteiger partial charge in [0.15, 0.2) is 0 Å². The van der Waals surface area contributed by atoms with Crippen molar-refractivity contribution >= 4 is 27.6 Å². The van der Waals surface area contributed by atoms with Gasteiger partial charge in [0.2, 0.25) is 5.78 Å². The molecule has 2 rings (SSSR count). The highest BCUT2D eigenvalue weighted by Gasteiger charge is 2.45. The molecule has 0 spiro atoms. The summed E-state index contributed by atoms with van der Waals surface area (Å²) in [6.07, 6.45) is -2.97. The zero-order chi connectivity index (χ0) is 16.3. The van der Waals surface area contributed by atoms with Crippen molar-refractivity contribution in [2.24, 2.45) is 5.92 Å². The number of carbonyl (C=O) groups is 2. The summed E-state index contributed by atoms with van der Waals surface area (Å²) in [5, 5.41) is 0. The fraction of sp³-hybridized carbons (Fsp3) is 0.286. The molecule has 0 aromatic heterocycles. The molecule has 1 aromatic carbocycles. The first-order valence-corrected chi connectivity index (χ1v) is 7.21. The Morgan fingerprint density at radius 3 is 2.41 bits per heavy atom. The average molecular weight is 377 g/mol. The maximum Gasteiger partial charge on any atom is 0.450 e. The number of hydrogen-bond donors (Lipinski definition) is 2. The van der Waals surface area contributed by atoms with Crippen molar-refractivity contribution in [1.29, 1.82) is 0 Å². The predicted octanol–water partition coefficient (Wildman–Crippen LogP) is 3.11. The van der Waals surface area contributed by atoms with E-state index in [0.29, 0.717) is 12.0 Å². The van der Waals surface area contributed by atoms with Crippen LogP contribution in [-0.2, 0) is 4.79 Å². The molecule has 1 amide bonds. The van der Waals surface area contributed by atoms with E-state index >= 15 is 0 Å². The summed E-state index contributed by atoms with van der Waals surface area (Å²) in [6.45, 7) is 0. The highest BCUT2D eigenvalue weighted by atomic mass is 79.9. The van der Waals surface area contributed by atoms with Crippen molar-refractivity contribution in [2.45, 2.75) is 19.0 Å². The number of halogens is 4. The van der Waals surface area contributed by atoms with E-state index < -0.39 is 23.8 Å². The maximum atomic E-state index is 12.5. The van der Waals surface area contributed by atoms with Gasteiger partial charge in [-0.3, -0.25) is 15.0 Å². The van der Waals surface area contributed by atoms with Crippen LogP contribution >= 0.6 is 15.9 Å². The Morgan fingerprint density at radius 1 is 1.18 bits per heavy atom. The van der Waals surface area contributed by atoms with Crippen molar-refractivity contribution in [2.75, 3.05) is 0 Å². The number of benzene rings is 1. The molecule has 1 aliphatic carbocycles. The molecule has 22 heavy (non-hydrogen) atoms. The number of allylic oxidation sites excluding steroid dienone is 2. The van der Waals surface area contributed by atoms with E-state index in [0.717, 1.165) is 4.47 Å². The van der Waals surface area contributed by atoms with Gasteiger partial charge in [-0.05, 0) is 37.1 Å². The lowest BCUT2D eigenvalue weighted by Gasteiger charge is -2.17. The zero-order valence-electron chi connectivity index (χ0n) is 11.2. The molecule has 0 radical (unpaired) electrons. The van der Waals surface area contributed by atoms with E-state index in [1.54, 1.807) is 24.3 Å². The third-order valence-electron chi connectivity index (χ3n) is 3.22. The van der Waals surface area contributed by atoms with Gasteiger partial charge in [-0.25, -0.2) is 0 Å². The van der Waals surface area contributed by atoms with Gasteiger partial charge < -0.3 is 5.43 Å². The Hall–Kier alpha value is -1.83. The van der Waals surface area contributed by atoms with E-state index in [-0.39, 0.29) is 12.1 Å². The van der Waals surface area contributed by atoms with E-state index in [9.17, 15) is 22.8 Å². The monoisotopic (exact) mass is 376 g/mol. The van der Waals surface area contributed by atoms with Gasteiger partial charge >= 0.3 is 6.18 Å². The first-order chi connectivity index (χ1) is 10.3. The molecule has 1 aromatic rings. The van der Waals surface area contributed by atoms with Crippen LogP contribution in [0.1, 0.15) is 23.2 Å². The highest BCUT2D eigenvalue weighted by molar-refractivity contribution is 9.10. The molecule has 4 nitrogen and oxygen atoms in total. The van der Waals surface area contributed by atoms with Gasteiger partial charge in [0.25, 0.3) is 5.91 Å². The van der Waals surface area contributed by atoms with E-state index in [1.807, 2.05) is 0 Å². The zero-order valence-corrected chi connectivity index (χ0v) is 12.8. The Morgan fingerprint density at radius 2 is 1.82 bits per heavy atom. The van der Waals surface area contributed by atoms with Crippen LogP contribution in [0.5, 0.6) is 0 Å². The quantitative estimate of drug-likeness (QED) is 0.793. The minimum absolute atomic E-state index is 0.0767. The van der Waals surface area contributed by atoms with Gasteiger partial charge in [0, 0.05) is 15.7 Å². The normalized spacial score (nSPS) is 17.8. The van der Waals surface area contributed by atoms with Crippen LogP contribution in [0, 0.1) is 5.92 Å². The molecule has 0 bridgehead atoms. The number of amides is 1. The lowest BCUT2D eigenvalue weighted by molar-refractivity contribution is -0.174. The summed E-state index contributed by atoms with van der Waals surface area (Å²) < 4.78 is 38.2. The lowest BCUT2D eigenvalue weighted by atomic mass is 10.0. The largest absolute Gasteiger partial charge is 0.450 e. The summed E-state index contributed by atoms with van der Waals surface area (Å²) >= 11 is 3.23. The molecule has 0 saturated carbocycles. The summed E-state index contributed by atoms with van der Waals surface area (Å²) in [7, 11) is 0. The molecular formula is C14H12BrF3N2O2. The molecule has 1 aliphatic rings. The van der Waals surface area contributed by atoms with Crippen molar-refractivity contribution in [3.05, 3.63) is 46.1 Å². The third kappa shape index (κ3) is 3.88. The Labute approximate surface area is 132 Å². The van der Waals surface area contributed by atoms with Crippen LogP contribution in [-0.4, -0.2) is 17.9 Å². The summed E-state index contributed by atoms with van der Waals surface area (Å²) in [5.74, 6) is -3.59. The van der Waals surface area contributed by atoms with Crippen molar-refractivity contribution in [1.82, 2.24) is 10.9 Å². The number of Topliss-reactive ketones (excluding diaryl/α,β-unsaturated/α-hetero) is 1. The summed E-state index contributed by atoms with van der Waals surface area (Å²) in [5.41, 5.74) is 5.15. The second-order valence-corrected chi connectivity index (χ2v) is 5.65. The maximum absolute atomic E-state index is 12.5. The Bertz CT molecular complexity index is 612. The standard InChI is InChI=1S/C14H12BrF3N2O2/c15-9-6-4-8(5-7-9)13(22)20-19-11-3-1-2-10(11)12(21)14(16,17)18/h3-7,10,19H,1-2H2,(H,20,22)/t10-/m1/s1. The highest BCUT2D eigenvalue weighted by Crippen LogP contribution is 2.31. The number of hydrogen-bond acceptors (Lipinski definition) is 3. The van der Waals surface area contributed by atoms with Gasteiger partial charge in [-0.1, -0.05) is 22.0 Å². The Kier molecular flexibility index (Phi) is 4.90. The van der Waals surface area contributed by atoms with Crippen molar-refractivity contribution < 1.29 is 22.8 Å². The molecule has 118 valence electrons. The smallest absolute Gasteiger partial charge is 0.302 e. The van der Waals surface area contributed by atoms with Crippen LogP contribution in [0.25, 0.3) is 0 Å². The number of alkyl halides is 3. The van der Waals surface area contributed by atoms with Crippen LogP contribution in [0.3, 0.4) is 0 Å². The summed E-state index contributed by atoms with van der Waals surface area (Å²) in [6, 6.07) is 6.45. The van der Waals surface area contributed by atoms with Gasteiger partial charge in [0.1, 0.15) is 0 Å². The third-order valence-corrected chi connectivity index (χ3v) is 3.75. The van der Waals surface area contributed by atoms with Crippen molar-refractivity contribution in [3.8, 4) is 0 Å². The number of carbonyl (C=O) groups excluding carboxylic acids is 2. The molecule has 0 fully saturated rings. The van der Waals surface area contributed by atoms with E-state index in [4.69, 9.17) is 0 Å². The fourth-order valence-electron chi connectivity index (χ4n) is 2.11. The van der Waals surface area contributed by atoms with Crippen LogP contribution in [0.2, 0.25) is 0 Å². The van der Waals surface area contributed by atoms with E-state index in [2.05, 4.69) is 26.8 Å². The van der Waals surface area contributed by atoms with Gasteiger partial charge in [-0.15, -0.1) is 0 Å². The molecular weight excluding hydrogens is 365 g/mol. The van der Waals surface area contributed by atoms with E-state index in [1.165, 1.54) is 6.08 Å². The Balaban J connectivity index is 1.97. The van der Waals surface area contributed by atoms with Crippen LogP contribution < -0.4 is 10.9 Å². The average Bonchev–Trinajstić information content (AvgIpc) is 2.91. The number of ketones is 1. The van der Waals surface area contributed by atoms with Gasteiger partial charge in [-0.2, -0.15) is 13.2 Å². The minimum atomic E-state index is -4.88. The molecule has 8 heteroatoms. The number of nitrogens with one attached hydrogen (secondary N) is 2. The molecule has 0 saturated heterocycles. The number of rotatable bonds is 4. The predicted molar refractivity (Wildman–Crippen MR) is 76.6 cm³/mol. The topological polar surface area (TPSA) is 58.2 Å². The first kappa shape index (κ1) is 16.5.